The average Bonchev–Trinajstić information content (AvgIpc) is 2.73. The summed E-state index contributed by atoms with van der Waals surface area (Å²) < 4.78 is 37.0. The van der Waals surface area contributed by atoms with Crippen molar-refractivity contribution in [1.82, 2.24) is 9.62 Å². The maximum atomic E-state index is 12.7. The lowest BCUT2D eigenvalue weighted by Crippen LogP contribution is -2.40. The van der Waals surface area contributed by atoms with Gasteiger partial charge in [-0.15, -0.1) is 0 Å². The summed E-state index contributed by atoms with van der Waals surface area (Å²) in [5, 5.41) is 2.79. The Kier molecular flexibility index (Phi) is 9.06. The minimum Gasteiger partial charge on any atom is -0.452 e. The van der Waals surface area contributed by atoms with Gasteiger partial charge >= 0.3 is 5.97 Å². The number of rotatable bonds is 10. The zero-order chi connectivity index (χ0) is 21.3. The number of unbranched alkanes of at least 4 members (excludes halogenated alkanes) is 2. The van der Waals surface area contributed by atoms with Gasteiger partial charge in [0.05, 0.1) is 23.7 Å². The minimum absolute atomic E-state index is 0.00902. The molecule has 29 heavy (non-hydrogen) atoms. The predicted octanol–water partition coefficient (Wildman–Crippen LogP) is 1.95. The van der Waals surface area contributed by atoms with E-state index >= 15 is 0 Å². The van der Waals surface area contributed by atoms with Gasteiger partial charge in [0.25, 0.3) is 5.91 Å². The highest BCUT2D eigenvalue weighted by Crippen LogP contribution is 2.18. The van der Waals surface area contributed by atoms with Gasteiger partial charge in [-0.3, -0.25) is 4.79 Å². The summed E-state index contributed by atoms with van der Waals surface area (Å²) >= 11 is 0. The molecule has 0 aromatic heterocycles. The fraction of sp³-hybridized carbons (Fsp3) is 0.600. The molecule has 0 spiro atoms. The monoisotopic (exact) mass is 426 g/mol. The third-order valence-electron chi connectivity index (χ3n) is 4.66. The molecule has 162 valence electrons. The highest BCUT2D eigenvalue weighted by Gasteiger charge is 2.27. The van der Waals surface area contributed by atoms with Crippen molar-refractivity contribution in [2.45, 2.75) is 50.5 Å². The van der Waals surface area contributed by atoms with Gasteiger partial charge in [0.1, 0.15) is 0 Å². The Morgan fingerprint density at radius 1 is 1.24 bits per heavy atom. The molecule has 2 rings (SSSR count). The lowest BCUT2D eigenvalue weighted by atomic mass is 10.1. The number of carbonyl (C=O) groups excluding carboxylic acids is 2. The molecule has 1 saturated heterocycles. The summed E-state index contributed by atoms with van der Waals surface area (Å²) in [4.78, 5) is 24.2. The molecule has 1 fully saturated rings. The minimum atomic E-state index is -3.71. The molecule has 0 aliphatic carbocycles. The largest absolute Gasteiger partial charge is 0.452 e. The molecule has 1 aromatic carbocycles. The number of amides is 1. The third-order valence-corrected chi connectivity index (χ3v) is 6.55. The van der Waals surface area contributed by atoms with Crippen molar-refractivity contribution in [3.05, 3.63) is 29.8 Å². The van der Waals surface area contributed by atoms with E-state index in [1.54, 1.807) is 0 Å². The van der Waals surface area contributed by atoms with Crippen LogP contribution in [0.25, 0.3) is 0 Å². The molecule has 1 amide bonds. The van der Waals surface area contributed by atoms with Crippen LogP contribution in [0, 0.1) is 0 Å². The number of esters is 1. The van der Waals surface area contributed by atoms with Crippen LogP contribution in [-0.4, -0.2) is 63.6 Å². The molecule has 1 aromatic rings. The second-order valence-electron chi connectivity index (χ2n) is 7.08. The van der Waals surface area contributed by atoms with E-state index in [-0.39, 0.29) is 35.5 Å². The summed E-state index contributed by atoms with van der Waals surface area (Å²) in [5.74, 6) is -1.11. The Balaban J connectivity index is 1.91. The zero-order valence-electron chi connectivity index (χ0n) is 17.1. The van der Waals surface area contributed by atoms with E-state index in [1.807, 2.05) is 6.92 Å². The SMILES string of the molecule is CCCCC[C@@H](C)NC(=O)COC(=O)c1cccc(S(=O)(=O)N2CCOCC2)c1. The van der Waals surface area contributed by atoms with Gasteiger partial charge in [-0.25, -0.2) is 13.2 Å². The zero-order valence-corrected chi connectivity index (χ0v) is 17.9. The normalized spacial score (nSPS) is 16.2. The van der Waals surface area contributed by atoms with Crippen molar-refractivity contribution in [2.24, 2.45) is 0 Å². The molecule has 8 nitrogen and oxygen atoms in total. The Morgan fingerprint density at radius 2 is 1.97 bits per heavy atom. The summed E-state index contributed by atoms with van der Waals surface area (Å²) in [7, 11) is -3.71. The maximum absolute atomic E-state index is 12.7. The number of carbonyl (C=O) groups is 2. The van der Waals surface area contributed by atoms with Crippen molar-refractivity contribution in [3.8, 4) is 0 Å². The molecular formula is C20H30N2O6S. The Hall–Kier alpha value is -1.97. The average molecular weight is 427 g/mol. The third kappa shape index (κ3) is 7.09. The first-order valence-corrected chi connectivity index (χ1v) is 11.4. The first kappa shape index (κ1) is 23.3. The van der Waals surface area contributed by atoms with E-state index in [0.29, 0.717) is 13.2 Å². The van der Waals surface area contributed by atoms with E-state index in [1.165, 1.54) is 28.6 Å². The smallest absolute Gasteiger partial charge is 0.338 e. The number of sulfonamides is 1. The molecule has 1 heterocycles. The fourth-order valence-electron chi connectivity index (χ4n) is 3.02. The highest BCUT2D eigenvalue weighted by molar-refractivity contribution is 7.89. The number of hydrogen-bond acceptors (Lipinski definition) is 6. The maximum Gasteiger partial charge on any atom is 0.338 e. The second kappa shape index (κ2) is 11.3. The molecule has 0 bridgehead atoms. The number of nitrogens with zero attached hydrogens (tertiary/aromatic N) is 1. The van der Waals surface area contributed by atoms with E-state index in [2.05, 4.69) is 12.2 Å². The van der Waals surface area contributed by atoms with Crippen LogP contribution in [0.4, 0.5) is 0 Å². The van der Waals surface area contributed by atoms with Crippen LogP contribution in [0.5, 0.6) is 0 Å². The standard InChI is InChI=1S/C20H30N2O6S/c1-3-4-5-7-16(2)21-19(23)15-28-20(24)17-8-6-9-18(14-17)29(25,26)22-10-12-27-13-11-22/h6,8-9,14,16H,3-5,7,10-13,15H2,1-2H3,(H,21,23)/t16-/m1/s1. The van der Waals surface area contributed by atoms with Crippen molar-refractivity contribution in [3.63, 3.8) is 0 Å². The van der Waals surface area contributed by atoms with Crippen LogP contribution in [0.1, 0.15) is 49.9 Å². The topological polar surface area (TPSA) is 102 Å². The van der Waals surface area contributed by atoms with Crippen LogP contribution >= 0.6 is 0 Å². The van der Waals surface area contributed by atoms with Gasteiger partial charge in [0, 0.05) is 19.1 Å². The first-order chi connectivity index (χ1) is 13.8. The fourth-order valence-corrected chi connectivity index (χ4v) is 4.48. The number of benzene rings is 1. The highest BCUT2D eigenvalue weighted by atomic mass is 32.2. The molecule has 0 saturated carbocycles. The Morgan fingerprint density at radius 3 is 2.66 bits per heavy atom. The van der Waals surface area contributed by atoms with Gasteiger partial charge in [0.15, 0.2) is 6.61 Å². The summed E-state index contributed by atoms with van der Waals surface area (Å²) in [6.07, 6.45) is 4.12. The van der Waals surface area contributed by atoms with Crippen molar-refractivity contribution in [2.75, 3.05) is 32.9 Å². The van der Waals surface area contributed by atoms with Crippen molar-refractivity contribution >= 4 is 21.9 Å². The molecule has 0 radical (unpaired) electrons. The lowest BCUT2D eigenvalue weighted by molar-refractivity contribution is -0.124. The van der Waals surface area contributed by atoms with E-state index in [4.69, 9.17) is 9.47 Å². The quantitative estimate of drug-likeness (QED) is 0.453. The van der Waals surface area contributed by atoms with Gasteiger partial charge in [-0.1, -0.05) is 32.3 Å². The van der Waals surface area contributed by atoms with Gasteiger partial charge < -0.3 is 14.8 Å². The summed E-state index contributed by atoms with van der Waals surface area (Å²) in [6.45, 7) is 4.84. The summed E-state index contributed by atoms with van der Waals surface area (Å²) in [6, 6.07) is 5.67. The van der Waals surface area contributed by atoms with Gasteiger partial charge in [0.2, 0.25) is 10.0 Å². The van der Waals surface area contributed by atoms with Crippen molar-refractivity contribution < 1.29 is 27.5 Å². The van der Waals surface area contributed by atoms with E-state index in [9.17, 15) is 18.0 Å². The lowest BCUT2D eigenvalue weighted by Gasteiger charge is -2.26. The molecule has 0 unspecified atom stereocenters. The summed E-state index contributed by atoms with van der Waals surface area (Å²) in [5.41, 5.74) is 0.0862. The van der Waals surface area contributed by atoms with Crippen LogP contribution < -0.4 is 5.32 Å². The molecule has 9 heteroatoms. The van der Waals surface area contributed by atoms with Gasteiger partial charge in [-0.2, -0.15) is 4.31 Å². The van der Waals surface area contributed by atoms with E-state index in [0.717, 1.165) is 25.7 Å². The van der Waals surface area contributed by atoms with Crippen LogP contribution in [0.3, 0.4) is 0 Å². The molecule has 1 atom stereocenters. The van der Waals surface area contributed by atoms with Crippen LogP contribution in [-0.2, 0) is 24.3 Å². The molecule has 1 aliphatic heterocycles. The first-order valence-electron chi connectivity index (χ1n) is 9.99. The van der Waals surface area contributed by atoms with Crippen LogP contribution in [0.2, 0.25) is 0 Å². The number of ether oxygens (including phenoxy) is 2. The predicted molar refractivity (Wildman–Crippen MR) is 108 cm³/mol. The molecular weight excluding hydrogens is 396 g/mol. The van der Waals surface area contributed by atoms with Gasteiger partial charge in [-0.05, 0) is 31.5 Å². The van der Waals surface area contributed by atoms with Crippen molar-refractivity contribution in [1.29, 1.82) is 0 Å². The van der Waals surface area contributed by atoms with E-state index < -0.39 is 22.6 Å². The number of nitrogens with one attached hydrogen (secondary N) is 1. The Labute approximate surface area is 172 Å². The number of hydrogen-bond donors (Lipinski definition) is 1. The Bertz CT molecular complexity index is 790. The molecule has 1 N–H and O–H groups in total. The molecule has 1 aliphatic rings. The second-order valence-corrected chi connectivity index (χ2v) is 9.02. The van der Waals surface area contributed by atoms with Crippen LogP contribution in [0.15, 0.2) is 29.2 Å². The number of morpholine rings is 1.